The number of hydrogen-bond acceptors (Lipinski definition) is 6. The van der Waals surface area contributed by atoms with Crippen LogP contribution < -0.4 is 10.6 Å². The second kappa shape index (κ2) is 4.48. The molecule has 1 saturated heterocycles. The van der Waals surface area contributed by atoms with Crippen LogP contribution in [0.3, 0.4) is 0 Å². The lowest BCUT2D eigenvalue weighted by Crippen LogP contribution is -2.31. The van der Waals surface area contributed by atoms with E-state index >= 15 is 0 Å². The van der Waals surface area contributed by atoms with Crippen LogP contribution >= 0.6 is 0 Å². The van der Waals surface area contributed by atoms with Crippen LogP contribution in [0.15, 0.2) is 11.1 Å². The molecule has 2 rings (SSSR count). The molecule has 0 amide bonds. The molecule has 6 nitrogen and oxygen atoms in total. The van der Waals surface area contributed by atoms with Crippen molar-refractivity contribution in [3.63, 3.8) is 0 Å². The molecular weight excluding hydrogens is 240 g/mol. The van der Waals surface area contributed by atoms with Crippen molar-refractivity contribution in [2.75, 3.05) is 30.0 Å². The number of anilines is 2. The molecule has 7 heteroatoms. The van der Waals surface area contributed by atoms with Gasteiger partial charge in [-0.05, 0) is 19.3 Å². The summed E-state index contributed by atoms with van der Waals surface area (Å²) in [4.78, 5) is 10.2. The highest BCUT2D eigenvalue weighted by Gasteiger charge is 2.18. The minimum absolute atomic E-state index is 0.00161. The summed E-state index contributed by atoms with van der Waals surface area (Å²) in [5.74, 6) is 0.553. The first-order valence-corrected chi connectivity index (χ1v) is 7.45. The van der Waals surface area contributed by atoms with Gasteiger partial charge >= 0.3 is 0 Å². The molecule has 1 aliphatic rings. The number of piperidine rings is 1. The van der Waals surface area contributed by atoms with Gasteiger partial charge in [0, 0.05) is 19.3 Å². The van der Waals surface area contributed by atoms with Gasteiger partial charge in [-0.25, -0.2) is 13.4 Å². The van der Waals surface area contributed by atoms with Crippen molar-refractivity contribution >= 4 is 21.6 Å². The van der Waals surface area contributed by atoms with Crippen molar-refractivity contribution in [2.24, 2.45) is 0 Å². The van der Waals surface area contributed by atoms with Gasteiger partial charge in [0.2, 0.25) is 5.95 Å². The Morgan fingerprint density at radius 2 is 1.94 bits per heavy atom. The third-order valence-corrected chi connectivity index (χ3v) is 3.92. The van der Waals surface area contributed by atoms with Crippen LogP contribution in [0.4, 0.5) is 11.8 Å². The third-order valence-electron chi connectivity index (χ3n) is 2.81. The summed E-state index contributed by atoms with van der Waals surface area (Å²) in [6.45, 7) is 1.80. The molecule has 2 heterocycles. The predicted molar refractivity (Wildman–Crippen MR) is 65.6 cm³/mol. The molecule has 1 aromatic rings. The molecule has 1 aromatic heterocycles. The van der Waals surface area contributed by atoms with Gasteiger partial charge in [0.15, 0.2) is 9.84 Å². The fourth-order valence-electron chi connectivity index (χ4n) is 1.91. The zero-order valence-corrected chi connectivity index (χ0v) is 10.6. The van der Waals surface area contributed by atoms with Crippen molar-refractivity contribution in [3.8, 4) is 0 Å². The molecule has 0 spiro atoms. The molecule has 0 aromatic carbocycles. The van der Waals surface area contributed by atoms with E-state index in [4.69, 9.17) is 5.73 Å². The molecule has 0 atom stereocenters. The SMILES string of the molecule is CS(=O)(=O)c1cnc(N2CCCCC2)nc1N. The zero-order chi connectivity index (χ0) is 12.5. The first-order chi connectivity index (χ1) is 7.98. The van der Waals surface area contributed by atoms with Gasteiger partial charge in [-0.15, -0.1) is 0 Å². The van der Waals surface area contributed by atoms with Crippen molar-refractivity contribution in [1.29, 1.82) is 0 Å². The first kappa shape index (κ1) is 12.1. The van der Waals surface area contributed by atoms with E-state index in [-0.39, 0.29) is 10.7 Å². The lowest BCUT2D eigenvalue weighted by molar-refractivity contribution is 0.567. The van der Waals surface area contributed by atoms with E-state index in [9.17, 15) is 8.42 Å². The van der Waals surface area contributed by atoms with Crippen LogP contribution in [-0.4, -0.2) is 37.7 Å². The summed E-state index contributed by atoms with van der Waals surface area (Å²) in [6, 6.07) is 0. The molecule has 0 bridgehead atoms. The van der Waals surface area contributed by atoms with Gasteiger partial charge in [0.05, 0.1) is 6.20 Å². The number of nitrogen functional groups attached to an aromatic ring is 1. The molecular formula is C10H16N4O2S. The highest BCUT2D eigenvalue weighted by molar-refractivity contribution is 7.90. The van der Waals surface area contributed by atoms with Crippen LogP contribution in [0.2, 0.25) is 0 Å². The van der Waals surface area contributed by atoms with E-state index in [1.807, 2.05) is 4.90 Å². The van der Waals surface area contributed by atoms with E-state index < -0.39 is 9.84 Å². The largest absolute Gasteiger partial charge is 0.382 e. The third kappa shape index (κ3) is 2.66. The standard InChI is InChI=1S/C10H16N4O2S/c1-17(15,16)8-7-12-10(13-9(8)11)14-5-3-2-4-6-14/h7H,2-6H2,1H3,(H2,11,12,13). The Morgan fingerprint density at radius 1 is 1.29 bits per heavy atom. The van der Waals surface area contributed by atoms with Crippen LogP contribution in [0.5, 0.6) is 0 Å². The maximum Gasteiger partial charge on any atom is 0.227 e. The average molecular weight is 256 g/mol. The smallest absolute Gasteiger partial charge is 0.227 e. The fraction of sp³-hybridized carbons (Fsp3) is 0.600. The molecule has 94 valence electrons. The Morgan fingerprint density at radius 3 is 2.47 bits per heavy atom. The van der Waals surface area contributed by atoms with E-state index in [0.29, 0.717) is 5.95 Å². The minimum Gasteiger partial charge on any atom is -0.382 e. The summed E-state index contributed by atoms with van der Waals surface area (Å²) < 4.78 is 22.7. The molecule has 0 aliphatic carbocycles. The number of rotatable bonds is 2. The van der Waals surface area contributed by atoms with E-state index in [2.05, 4.69) is 9.97 Å². The number of nitrogens with zero attached hydrogens (tertiary/aromatic N) is 3. The minimum atomic E-state index is -3.35. The van der Waals surface area contributed by atoms with Gasteiger partial charge in [-0.2, -0.15) is 4.98 Å². The first-order valence-electron chi connectivity index (χ1n) is 5.56. The topological polar surface area (TPSA) is 89.2 Å². The molecule has 0 saturated carbocycles. The highest BCUT2D eigenvalue weighted by Crippen LogP contribution is 2.20. The summed E-state index contributed by atoms with van der Waals surface area (Å²) in [5.41, 5.74) is 5.66. The van der Waals surface area contributed by atoms with Gasteiger partial charge < -0.3 is 10.6 Å². The predicted octanol–water partition coefficient (Wildman–Crippen LogP) is 0.453. The summed E-state index contributed by atoms with van der Waals surface area (Å²) in [5, 5.41) is 0. The molecule has 0 radical (unpaired) electrons. The Hall–Kier alpha value is -1.37. The maximum atomic E-state index is 11.4. The average Bonchev–Trinajstić information content (AvgIpc) is 2.28. The molecule has 1 aliphatic heterocycles. The summed E-state index contributed by atoms with van der Waals surface area (Å²) >= 11 is 0. The Balaban J connectivity index is 2.30. The van der Waals surface area contributed by atoms with Crippen LogP contribution in [0.1, 0.15) is 19.3 Å². The molecule has 0 unspecified atom stereocenters. The van der Waals surface area contributed by atoms with Crippen molar-refractivity contribution < 1.29 is 8.42 Å². The lowest BCUT2D eigenvalue weighted by Gasteiger charge is -2.26. The fourth-order valence-corrected chi connectivity index (χ4v) is 2.58. The molecule has 1 fully saturated rings. The van der Waals surface area contributed by atoms with Crippen molar-refractivity contribution in [1.82, 2.24) is 9.97 Å². The van der Waals surface area contributed by atoms with E-state index in [1.54, 1.807) is 0 Å². The Kier molecular flexibility index (Phi) is 3.19. The lowest BCUT2D eigenvalue weighted by atomic mass is 10.1. The Bertz CT molecular complexity index is 509. The Labute approximate surface area is 101 Å². The second-order valence-corrected chi connectivity index (χ2v) is 6.22. The molecule has 17 heavy (non-hydrogen) atoms. The number of nitrogens with two attached hydrogens (primary N) is 1. The van der Waals surface area contributed by atoms with Crippen LogP contribution in [0, 0.1) is 0 Å². The summed E-state index contributed by atoms with van der Waals surface area (Å²) in [7, 11) is -3.35. The second-order valence-electron chi connectivity index (χ2n) is 4.24. The number of aromatic nitrogens is 2. The number of hydrogen-bond donors (Lipinski definition) is 1. The maximum absolute atomic E-state index is 11.4. The highest BCUT2D eigenvalue weighted by atomic mass is 32.2. The normalized spacial score (nSPS) is 17.1. The van der Waals surface area contributed by atoms with E-state index in [1.165, 1.54) is 12.6 Å². The van der Waals surface area contributed by atoms with E-state index in [0.717, 1.165) is 32.2 Å². The monoisotopic (exact) mass is 256 g/mol. The van der Waals surface area contributed by atoms with Gasteiger partial charge in [-0.1, -0.05) is 0 Å². The van der Waals surface area contributed by atoms with Gasteiger partial charge in [0.1, 0.15) is 10.7 Å². The van der Waals surface area contributed by atoms with Gasteiger partial charge in [-0.3, -0.25) is 0 Å². The van der Waals surface area contributed by atoms with Crippen molar-refractivity contribution in [3.05, 3.63) is 6.20 Å². The van der Waals surface area contributed by atoms with Crippen LogP contribution in [-0.2, 0) is 9.84 Å². The quantitative estimate of drug-likeness (QED) is 0.826. The summed E-state index contributed by atoms with van der Waals surface area (Å²) in [6.07, 6.45) is 5.83. The zero-order valence-electron chi connectivity index (χ0n) is 9.76. The van der Waals surface area contributed by atoms with Crippen LogP contribution in [0.25, 0.3) is 0 Å². The molecule has 2 N–H and O–H groups in total. The van der Waals surface area contributed by atoms with Crippen molar-refractivity contribution in [2.45, 2.75) is 24.2 Å². The number of sulfone groups is 1. The van der Waals surface area contributed by atoms with Gasteiger partial charge in [0.25, 0.3) is 0 Å².